The fraction of sp³-hybridized carbons (Fsp3) is 1.00. The topological polar surface area (TPSA) is 100 Å². The molecule has 19 heterocycles. The van der Waals surface area contributed by atoms with Gasteiger partial charge in [0, 0.05) is 67.5 Å². The molecule has 32 aliphatic rings. The Kier molecular flexibility index (Phi) is 28.1. The summed E-state index contributed by atoms with van der Waals surface area (Å²) in [5.41, 5.74) is 0. The molecule has 13 aliphatic carbocycles. The summed E-state index contributed by atoms with van der Waals surface area (Å²) in [4.78, 5) is 7.73. The van der Waals surface area contributed by atoms with E-state index in [1.54, 1.807) is 122 Å². The van der Waals surface area contributed by atoms with Crippen molar-refractivity contribution >= 4 is 0 Å². The number of ether oxygens (including phenoxy) is 2. The van der Waals surface area contributed by atoms with Crippen molar-refractivity contribution in [2.45, 2.75) is 356 Å². The average molecular weight is 1320 g/mol. The molecule has 26 bridgehead atoms. The van der Waals surface area contributed by atoms with Crippen molar-refractivity contribution in [1.82, 2.24) is 46.6 Å². The highest BCUT2D eigenvalue weighted by Crippen LogP contribution is 2.49. The van der Waals surface area contributed by atoms with Crippen LogP contribution >= 0.6 is 0 Å². The van der Waals surface area contributed by atoms with Crippen LogP contribution < -0.4 is 31.9 Å². The van der Waals surface area contributed by atoms with E-state index in [0.717, 1.165) is 104 Å². The first kappa shape index (κ1) is 71.5. The normalized spacial score (nSPS) is 47.0. The molecule has 8 unspecified atom stereocenters. The van der Waals surface area contributed by atoms with Gasteiger partial charge in [0.05, 0.1) is 25.9 Å². The van der Waals surface area contributed by atoms with Crippen LogP contribution in [0.1, 0.15) is 295 Å². The van der Waals surface area contributed by atoms with Crippen LogP contribution in [0.3, 0.4) is 0 Å². The number of nitrogens with one attached hydrogen (secondary N) is 6. The van der Waals surface area contributed by atoms with Crippen LogP contribution in [-0.4, -0.2) is 174 Å². The van der Waals surface area contributed by atoms with Crippen LogP contribution in [0.2, 0.25) is 0 Å². The molecule has 0 amide bonds. The van der Waals surface area contributed by atoms with Gasteiger partial charge in [-0.05, 0) is 341 Å². The second-order valence-corrected chi connectivity index (χ2v) is 37.7. The quantitative estimate of drug-likeness (QED) is 0.140. The van der Waals surface area contributed by atoms with E-state index in [4.69, 9.17) is 9.47 Å². The van der Waals surface area contributed by atoms with E-state index in [9.17, 15) is 0 Å². The molecule has 6 N–H and O–H groups in total. The Hall–Kier alpha value is -0.440. The van der Waals surface area contributed by atoms with Gasteiger partial charge < -0.3 is 56.1 Å². The van der Waals surface area contributed by atoms with Gasteiger partial charge in [0.1, 0.15) is 0 Å². The van der Waals surface area contributed by atoms with Crippen LogP contribution in [0, 0.1) is 76.9 Å². The van der Waals surface area contributed by atoms with Gasteiger partial charge in [-0.25, -0.2) is 0 Å². The average Bonchev–Trinajstić information content (AvgIpc) is 2.06. The maximum atomic E-state index is 5.29. The van der Waals surface area contributed by atoms with E-state index in [0.29, 0.717) is 24.2 Å². The summed E-state index contributed by atoms with van der Waals surface area (Å²) in [5, 5.41) is 20.9. The molecule has 0 spiro atoms. The van der Waals surface area contributed by atoms with Crippen molar-refractivity contribution in [2.24, 2.45) is 76.9 Å². The summed E-state index contributed by atoms with van der Waals surface area (Å²) in [6.07, 6.45) is 69.5. The molecule has 0 aromatic heterocycles. The van der Waals surface area contributed by atoms with Gasteiger partial charge in [-0.1, -0.05) is 96.3 Å². The molecular formula is C84H151N9O2. The zero-order chi connectivity index (χ0) is 63.8. The van der Waals surface area contributed by atoms with Crippen LogP contribution in [0.25, 0.3) is 0 Å². The minimum absolute atomic E-state index is 0.560. The molecule has 11 nitrogen and oxygen atoms in total. The van der Waals surface area contributed by atoms with Crippen molar-refractivity contribution in [2.75, 3.05) is 98.4 Å². The second-order valence-electron chi connectivity index (χ2n) is 37.7. The van der Waals surface area contributed by atoms with E-state index >= 15 is 0 Å². The van der Waals surface area contributed by atoms with E-state index in [2.05, 4.69) is 46.6 Å². The molecule has 11 heteroatoms. The standard InChI is InChI=1S/C8H14.4C7H13N.C7H12.C6H11NO.3C6H11N.2C6H10.C5H9NO/c1-2-8-5-3-7(1)4-6-8;2*1-4-8-5-2-7(1)3-6-8;1-3-7-4-2-6(1)5-8-7;1-2-6-4-5-7(3-1)8-6;1-2-7-4-3-6(1)5-7;1-2-6-4-8-3-5(1)7-6;1-3-7-4-2-6(1)5-7;1-2-6-3-5(1)4-7-6;1-2-6-4-3-5(1)7-6;2*1-2-6-3-5(1)4-6;1-4-3-7-5(1)2-6-4/h7-8H,1-6H2;2*7H,1-6H2;2*6-8H,1-5H2;6-7H,1-5H2;5-7H,1-4H2;6H,1-5H2;2*5-7H,1-4H2;2*5-6H,1-4H2;4-6H,1-3H2. The second kappa shape index (κ2) is 37.3. The molecule has 0 aromatic rings. The van der Waals surface area contributed by atoms with E-state index in [-0.39, 0.29) is 0 Å². The zero-order valence-electron chi connectivity index (χ0n) is 61.6. The van der Waals surface area contributed by atoms with Gasteiger partial charge in [0.25, 0.3) is 0 Å². The summed E-state index contributed by atoms with van der Waals surface area (Å²) in [5.74, 6) is 14.8. The summed E-state index contributed by atoms with van der Waals surface area (Å²) in [6, 6.07) is 7.56. The maximum Gasteiger partial charge on any atom is 0.0716 e. The molecule has 19 aliphatic heterocycles. The lowest BCUT2D eigenvalue weighted by molar-refractivity contribution is 0.0728. The molecule has 0 aromatic carbocycles. The molecule has 544 valence electrons. The predicted molar refractivity (Wildman–Crippen MR) is 395 cm³/mol. The van der Waals surface area contributed by atoms with Gasteiger partial charge in [-0.15, -0.1) is 0 Å². The van der Waals surface area contributed by atoms with Gasteiger partial charge in [0.2, 0.25) is 0 Å². The molecule has 8 atom stereocenters. The maximum absolute atomic E-state index is 5.29. The molecule has 32 rings (SSSR count). The van der Waals surface area contributed by atoms with Crippen molar-refractivity contribution in [1.29, 1.82) is 0 Å². The first-order chi connectivity index (χ1) is 46.8. The number of hydrogen-bond donors (Lipinski definition) is 6. The number of nitrogens with zero attached hydrogens (tertiary/aromatic N) is 3. The Morgan fingerprint density at radius 3 is 0.716 bits per heavy atom. The van der Waals surface area contributed by atoms with Gasteiger partial charge >= 0.3 is 0 Å². The highest BCUT2D eigenvalue weighted by atomic mass is 16.5. The Balaban J connectivity index is 0.0000000887. The van der Waals surface area contributed by atoms with Gasteiger partial charge in [0.15, 0.2) is 0 Å². The minimum Gasteiger partial charge on any atom is -0.378 e. The van der Waals surface area contributed by atoms with Crippen molar-refractivity contribution in [3.63, 3.8) is 0 Å². The molecule has 32 fully saturated rings. The first-order valence-electron chi connectivity index (χ1n) is 43.7. The van der Waals surface area contributed by atoms with Crippen LogP contribution in [-0.2, 0) is 9.47 Å². The third kappa shape index (κ3) is 22.8. The van der Waals surface area contributed by atoms with Crippen LogP contribution in [0.15, 0.2) is 0 Å². The fourth-order valence-corrected chi connectivity index (χ4v) is 23.7. The molecule has 0 radical (unpaired) electrons. The highest BCUT2D eigenvalue weighted by molar-refractivity contribution is 4.94. The predicted octanol–water partition coefficient (Wildman–Crippen LogP) is 15.3. The number of fused-ring (bicyclic) bond motifs is 28. The van der Waals surface area contributed by atoms with E-state index in [1.807, 2.05) is 0 Å². The summed E-state index contributed by atoms with van der Waals surface area (Å²) in [7, 11) is 0. The smallest absolute Gasteiger partial charge is 0.0716 e. The SMILES string of the molecule is C1CC2CC1C2.C1CC2CC1C2.C1CC2CC1CN2.C1CC2CCC(C1)N2.C1CC2CCC1C2.C1CC2CCC1CC2.C1CC2CCC1CN2.C1CC2CCC1N2.C1CC2COCC1N2.C1CN2CCC1C2.C1CN2CCC1CC2.C1CN2CCC1CC2.C1OC2CNC1C2. The Morgan fingerprint density at radius 1 is 0.211 bits per heavy atom. The largest absolute Gasteiger partial charge is 0.378 e. The summed E-state index contributed by atoms with van der Waals surface area (Å²) >= 11 is 0. The summed E-state index contributed by atoms with van der Waals surface area (Å²) < 4.78 is 10.6. The molecular weight excluding hydrogens is 1170 g/mol. The lowest BCUT2D eigenvalue weighted by Crippen LogP contribution is -2.44. The molecule has 95 heavy (non-hydrogen) atoms. The fourth-order valence-electron chi connectivity index (χ4n) is 23.7. The van der Waals surface area contributed by atoms with E-state index in [1.165, 1.54) is 281 Å². The highest BCUT2D eigenvalue weighted by Gasteiger charge is 2.38. The first-order valence-corrected chi connectivity index (χ1v) is 43.7. The van der Waals surface area contributed by atoms with Crippen LogP contribution in [0.5, 0.6) is 0 Å². The third-order valence-electron chi connectivity index (χ3n) is 30.7. The minimum atomic E-state index is 0.560. The van der Waals surface area contributed by atoms with Crippen molar-refractivity contribution in [3.8, 4) is 0 Å². The van der Waals surface area contributed by atoms with E-state index < -0.39 is 0 Å². The Morgan fingerprint density at radius 2 is 0.547 bits per heavy atom. The number of morpholine rings is 2. The number of hydrogen-bond acceptors (Lipinski definition) is 11. The lowest BCUT2D eigenvalue weighted by atomic mass is 9.71. The third-order valence-corrected chi connectivity index (χ3v) is 30.7. The Labute approximate surface area is 584 Å². The van der Waals surface area contributed by atoms with Crippen molar-refractivity contribution < 1.29 is 9.47 Å². The molecule has 19 saturated heterocycles. The van der Waals surface area contributed by atoms with Crippen molar-refractivity contribution in [3.05, 3.63) is 0 Å². The molecule has 13 saturated carbocycles. The van der Waals surface area contributed by atoms with Crippen LogP contribution in [0.4, 0.5) is 0 Å². The number of piperidine rings is 11. The monoisotopic (exact) mass is 1320 g/mol. The number of rotatable bonds is 0. The van der Waals surface area contributed by atoms with Gasteiger partial charge in [-0.3, -0.25) is 0 Å². The van der Waals surface area contributed by atoms with Gasteiger partial charge in [-0.2, -0.15) is 0 Å². The Bertz CT molecular complexity index is 1590. The summed E-state index contributed by atoms with van der Waals surface area (Å²) in [6.45, 7) is 19.1. The zero-order valence-corrected chi connectivity index (χ0v) is 61.6. The lowest BCUT2D eigenvalue weighted by Gasteiger charge is -2.38.